The summed E-state index contributed by atoms with van der Waals surface area (Å²) in [6.45, 7) is 3.29. The van der Waals surface area contributed by atoms with Crippen LogP contribution in [0.3, 0.4) is 0 Å². The molecule has 1 N–H and O–H groups in total. The van der Waals surface area contributed by atoms with Gasteiger partial charge in [0.25, 0.3) is 5.91 Å². The predicted molar refractivity (Wildman–Crippen MR) is 91.3 cm³/mol. The van der Waals surface area contributed by atoms with Crippen molar-refractivity contribution in [3.63, 3.8) is 0 Å². The van der Waals surface area contributed by atoms with Crippen LogP contribution in [0.4, 0.5) is 0 Å². The zero-order valence-electron chi connectivity index (χ0n) is 14.7. The van der Waals surface area contributed by atoms with E-state index in [9.17, 15) is 14.4 Å². The van der Waals surface area contributed by atoms with Crippen molar-refractivity contribution in [2.45, 2.75) is 26.3 Å². The average molecular weight is 386 g/mol. The molecule has 8 nitrogen and oxygen atoms in total. The van der Waals surface area contributed by atoms with Crippen LogP contribution >= 0.6 is 11.6 Å². The average Bonchev–Trinajstić information content (AvgIpc) is 3.07. The number of esters is 2. The van der Waals surface area contributed by atoms with E-state index < -0.39 is 30.5 Å². The van der Waals surface area contributed by atoms with E-state index >= 15 is 0 Å². The Bertz CT molecular complexity index is 705. The van der Waals surface area contributed by atoms with Gasteiger partial charge in [0.2, 0.25) is 6.79 Å². The summed E-state index contributed by atoms with van der Waals surface area (Å²) in [5.41, 5.74) is 0.124. The van der Waals surface area contributed by atoms with E-state index in [1.165, 1.54) is 19.2 Å². The number of benzene rings is 1. The number of nitrogens with one attached hydrogen (secondary N) is 1. The van der Waals surface area contributed by atoms with Gasteiger partial charge in [0.1, 0.15) is 6.04 Å². The Morgan fingerprint density at radius 3 is 2.65 bits per heavy atom. The third-order valence-electron chi connectivity index (χ3n) is 3.53. The predicted octanol–water partition coefficient (Wildman–Crippen LogP) is 1.93. The van der Waals surface area contributed by atoms with E-state index in [1.807, 2.05) is 13.8 Å². The molecule has 1 amide bonds. The van der Waals surface area contributed by atoms with Crippen molar-refractivity contribution < 1.29 is 33.3 Å². The van der Waals surface area contributed by atoms with Gasteiger partial charge in [-0.25, -0.2) is 9.59 Å². The van der Waals surface area contributed by atoms with E-state index in [1.54, 1.807) is 0 Å². The Labute approximate surface area is 155 Å². The molecule has 0 radical (unpaired) electrons. The van der Waals surface area contributed by atoms with Crippen molar-refractivity contribution in [3.8, 4) is 11.5 Å². The van der Waals surface area contributed by atoms with Gasteiger partial charge in [-0.1, -0.05) is 25.4 Å². The van der Waals surface area contributed by atoms with Gasteiger partial charge in [0.05, 0.1) is 17.7 Å². The first-order valence-corrected chi connectivity index (χ1v) is 8.33. The molecular weight excluding hydrogens is 366 g/mol. The molecule has 0 fully saturated rings. The molecule has 9 heteroatoms. The number of hydrogen-bond donors (Lipinski definition) is 1. The number of amides is 1. The molecular formula is C17H20ClNO7. The zero-order valence-corrected chi connectivity index (χ0v) is 15.4. The lowest BCUT2D eigenvalue weighted by atomic mass is 10.0. The number of carbonyl (C=O) groups excluding carboxylic acids is 3. The van der Waals surface area contributed by atoms with Crippen molar-refractivity contribution >= 4 is 29.4 Å². The molecule has 0 unspecified atom stereocenters. The molecule has 0 saturated heterocycles. The Morgan fingerprint density at radius 1 is 1.27 bits per heavy atom. The van der Waals surface area contributed by atoms with E-state index in [4.69, 9.17) is 25.8 Å². The monoisotopic (exact) mass is 385 g/mol. The summed E-state index contributed by atoms with van der Waals surface area (Å²) in [5, 5.41) is 2.70. The number of rotatable bonds is 7. The molecule has 1 aromatic rings. The van der Waals surface area contributed by atoms with Gasteiger partial charge in [0, 0.05) is 0 Å². The molecule has 0 aliphatic carbocycles. The van der Waals surface area contributed by atoms with E-state index in [0.29, 0.717) is 17.9 Å². The molecule has 0 aromatic heterocycles. The van der Waals surface area contributed by atoms with Crippen molar-refractivity contribution in [1.29, 1.82) is 0 Å². The van der Waals surface area contributed by atoms with Crippen LogP contribution in [0.5, 0.6) is 11.5 Å². The second-order valence-electron chi connectivity index (χ2n) is 6.04. The summed E-state index contributed by atoms with van der Waals surface area (Å²) in [7, 11) is 1.24. The van der Waals surface area contributed by atoms with Crippen LogP contribution in [-0.4, -0.2) is 44.4 Å². The number of hydrogen-bond acceptors (Lipinski definition) is 7. The molecule has 1 aromatic carbocycles. The summed E-state index contributed by atoms with van der Waals surface area (Å²) in [5.74, 6) is -1.06. The number of carbonyl (C=O) groups is 3. The second-order valence-corrected chi connectivity index (χ2v) is 6.45. The van der Waals surface area contributed by atoms with E-state index in [2.05, 4.69) is 10.1 Å². The molecule has 1 aliphatic heterocycles. The van der Waals surface area contributed by atoms with Crippen LogP contribution < -0.4 is 14.8 Å². The number of methoxy groups -OCH3 is 1. The lowest BCUT2D eigenvalue weighted by molar-refractivity contribution is -0.145. The quantitative estimate of drug-likeness (QED) is 0.715. The SMILES string of the molecule is COC(=O)[C@H](CC(C)C)NC(=O)COC(=O)c1cc(Cl)c2c(c1)OCO2. The molecule has 26 heavy (non-hydrogen) atoms. The van der Waals surface area contributed by atoms with Gasteiger partial charge in [0.15, 0.2) is 18.1 Å². The fraction of sp³-hybridized carbons (Fsp3) is 0.471. The first-order chi connectivity index (χ1) is 12.3. The van der Waals surface area contributed by atoms with Gasteiger partial charge in [-0.3, -0.25) is 4.79 Å². The first-order valence-electron chi connectivity index (χ1n) is 7.95. The second kappa shape index (κ2) is 8.75. The smallest absolute Gasteiger partial charge is 0.338 e. The Balaban J connectivity index is 1.93. The molecule has 0 saturated carbocycles. The molecule has 0 spiro atoms. The highest BCUT2D eigenvalue weighted by molar-refractivity contribution is 6.32. The van der Waals surface area contributed by atoms with Crippen molar-refractivity contribution in [2.24, 2.45) is 5.92 Å². The highest BCUT2D eigenvalue weighted by Gasteiger charge is 2.24. The Kier molecular flexibility index (Phi) is 6.68. The minimum atomic E-state index is -0.800. The summed E-state index contributed by atoms with van der Waals surface area (Å²) >= 11 is 6.01. The third-order valence-corrected chi connectivity index (χ3v) is 3.81. The maximum atomic E-state index is 12.1. The summed E-state index contributed by atoms with van der Waals surface area (Å²) in [6, 6.07) is 1.99. The van der Waals surface area contributed by atoms with Gasteiger partial charge < -0.3 is 24.3 Å². The summed E-state index contributed by atoms with van der Waals surface area (Å²) < 4.78 is 20.0. The normalized spacial score (nSPS) is 13.3. The molecule has 1 atom stereocenters. The number of fused-ring (bicyclic) bond motifs is 1. The van der Waals surface area contributed by atoms with Gasteiger partial charge in [-0.2, -0.15) is 0 Å². The molecule has 2 rings (SSSR count). The summed E-state index contributed by atoms with van der Waals surface area (Å²) in [6.07, 6.45) is 0.407. The summed E-state index contributed by atoms with van der Waals surface area (Å²) in [4.78, 5) is 35.8. The molecule has 0 bridgehead atoms. The van der Waals surface area contributed by atoms with Crippen LogP contribution in [0.25, 0.3) is 0 Å². The van der Waals surface area contributed by atoms with Crippen molar-refractivity contribution in [2.75, 3.05) is 20.5 Å². The molecule has 1 heterocycles. The van der Waals surface area contributed by atoms with Gasteiger partial charge in [-0.15, -0.1) is 0 Å². The van der Waals surface area contributed by atoms with E-state index in [-0.39, 0.29) is 23.3 Å². The highest BCUT2D eigenvalue weighted by Crippen LogP contribution is 2.39. The fourth-order valence-corrected chi connectivity index (χ4v) is 2.63. The van der Waals surface area contributed by atoms with Crippen LogP contribution in [0.1, 0.15) is 30.6 Å². The van der Waals surface area contributed by atoms with Crippen LogP contribution in [0.15, 0.2) is 12.1 Å². The maximum absolute atomic E-state index is 12.1. The van der Waals surface area contributed by atoms with Crippen molar-refractivity contribution in [3.05, 3.63) is 22.7 Å². The zero-order chi connectivity index (χ0) is 19.3. The van der Waals surface area contributed by atoms with Crippen LogP contribution in [0, 0.1) is 5.92 Å². The van der Waals surface area contributed by atoms with Crippen LogP contribution in [-0.2, 0) is 19.1 Å². The lowest BCUT2D eigenvalue weighted by Crippen LogP contribution is -2.44. The molecule has 142 valence electrons. The lowest BCUT2D eigenvalue weighted by Gasteiger charge is -2.18. The Hall–Kier alpha value is -2.48. The maximum Gasteiger partial charge on any atom is 0.338 e. The largest absolute Gasteiger partial charge is 0.467 e. The minimum absolute atomic E-state index is 0.0146. The standard InChI is InChI=1S/C17H20ClNO7/c1-9(2)4-12(17(22)23-3)19-14(20)7-24-16(21)10-5-11(18)15-13(6-10)25-8-26-15/h5-6,9,12H,4,7-8H2,1-3H3,(H,19,20)/t12-/m0/s1. The highest BCUT2D eigenvalue weighted by atomic mass is 35.5. The number of ether oxygens (including phenoxy) is 4. The van der Waals surface area contributed by atoms with Crippen LogP contribution in [0.2, 0.25) is 5.02 Å². The van der Waals surface area contributed by atoms with Crippen molar-refractivity contribution in [1.82, 2.24) is 5.32 Å². The molecule has 1 aliphatic rings. The first kappa shape index (κ1) is 19.8. The van der Waals surface area contributed by atoms with Gasteiger partial charge >= 0.3 is 11.9 Å². The number of halogens is 1. The van der Waals surface area contributed by atoms with E-state index in [0.717, 1.165) is 0 Å². The Morgan fingerprint density at radius 2 is 2.00 bits per heavy atom. The topological polar surface area (TPSA) is 100 Å². The third kappa shape index (κ3) is 5.01. The minimum Gasteiger partial charge on any atom is -0.467 e. The fourth-order valence-electron chi connectivity index (χ4n) is 2.36. The van der Waals surface area contributed by atoms with Gasteiger partial charge in [-0.05, 0) is 24.5 Å².